The van der Waals surface area contributed by atoms with Crippen molar-refractivity contribution in [1.29, 1.82) is 0 Å². The average molecular weight is 283 g/mol. The average Bonchev–Trinajstić information content (AvgIpc) is 2.28. The van der Waals surface area contributed by atoms with E-state index in [0.717, 1.165) is 24.0 Å². The zero-order valence-corrected chi connectivity index (χ0v) is 10.9. The second-order valence-electron chi connectivity index (χ2n) is 4.39. The molecule has 1 aliphatic rings. The first-order valence-electron chi connectivity index (χ1n) is 5.56. The fourth-order valence-corrected chi connectivity index (χ4v) is 2.45. The van der Waals surface area contributed by atoms with E-state index in [1.807, 2.05) is 11.0 Å². The van der Waals surface area contributed by atoms with Gasteiger partial charge in [-0.1, -0.05) is 6.92 Å². The van der Waals surface area contributed by atoms with E-state index in [1.165, 1.54) is 6.42 Å². The number of hydrogen-bond acceptors (Lipinski definition) is 2. The van der Waals surface area contributed by atoms with Gasteiger partial charge in [-0.3, -0.25) is 9.78 Å². The number of halogens is 1. The van der Waals surface area contributed by atoms with Gasteiger partial charge in [0.15, 0.2) is 0 Å². The highest BCUT2D eigenvalue weighted by atomic mass is 79.9. The van der Waals surface area contributed by atoms with Crippen molar-refractivity contribution in [2.24, 2.45) is 5.92 Å². The fraction of sp³-hybridized carbons (Fsp3) is 0.500. The SMILES string of the molecule is CC1CCCN(C(=O)c2cncc(Br)c2)C1. The largest absolute Gasteiger partial charge is 0.338 e. The highest BCUT2D eigenvalue weighted by Gasteiger charge is 2.22. The molecular formula is C12H15BrN2O. The molecule has 1 aromatic heterocycles. The summed E-state index contributed by atoms with van der Waals surface area (Å²) in [6.07, 6.45) is 5.65. The maximum atomic E-state index is 12.2. The van der Waals surface area contributed by atoms with Gasteiger partial charge in [0, 0.05) is 30.0 Å². The van der Waals surface area contributed by atoms with Crippen LogP contribution in [0.25, 0.3) is 0 Å². The minimum Gasteiger partial charge on any atom is -0.338 e. The lowest BCUT2D eigenvalue weighted by Gasteiger charge is -2.30. The van der Waals surface area contributed by atoms with Crippen LogP contribution in [-0.4, -0.2) is 28.9 Å². The molecule has 0 aliphatic carbocycles. The van der Waals surface area contributed by atoms with Crippen LogP contribution >= 0.6 is 15.9 Å². The number of piperidine rings is 1. The van der Waals surface area contributed by atoms with Crippen LogP contribution in [0.2, 0.25) is 0 Å². The van der Waals surface area contributed by atoms with Gasteiger partial charge < -0.3 is 4.90 Å². The zero-order valence-electron chi connectivity index (χ0n) is 9.32. The molecule has 2 heterocycles. The van der Waals surface area contributed by atoms with Crippen molar-refractivity contribution in [1.82, 2.24) is 9.88 Å². The number of nitrogens with zero attached hydrogens (tertiary/aromatic N) is 2. The third kappa shape index (κ3) is 2.61. The van der Waals surface area contributed by atoms with Gasteiger partial charge in [0.1, 0.15) is 0 Å². The van der Waals surface area contributed by atoms with E-state index < -0.39 is 0 Å². The Morgan fingerprint density at radius 2 is 2.38 bits per heavy atom. The fourth-order valence-electron chi connectivity index (χ4n) is 2.09. The number of pyridine rings is 1. The lowest BCUT2D eigenvalue weighted by atomic mass is 10.00. The minimum atomic E-state index is 0.0975. The molecule has 0 saturated carbocycles. The van der Waals surface area contributed by atoms with Gasteiger partial charge in [-0.25, -0.2) is 0 Å². The van der Waals surface area contributed by atoms with Crippen LogP contribution < -0.4 is 0 Å². The van der Waals surface area contributed by atoms with Crippen molar-refractivity contribution in [2.45, 2.75) is 19.8 Å². The third-order valence-electron chi connectivity index (χ3n) is 2.90. The standard InChI is InChI=1S/C12H15BrN2O/c1-9-3-2-4-15(8-9)12(16)10-5-11(13)7-14-6-10/h5-7,9H,2-4,8H2,1H3. The van der Waals surface area contributed by atoms with Crippen LogP contribution in [0.1, 0.15) is 30.1 Å². The number of rotatable bonds is 1. The number of carbonyl (C=O) groups is 1. The third-order valence-corrected chi connectivity index (χ3v) is 3.33. The molecule has 0 aromatic carbocycles. The molecule has 1 atom stereocenters. The van der Waals surface area contributed by atoms with Gasteiger partial charge in [-0.2, -0.15) is 0 Å². The normalized spacial score (nSPS) is 20.9. The second kappa shape index (κ2) is 4.95. The van der Waals surface area contributed by atoms with Crippen LogP contribution in [0.5, 0.6) is 0 Å². The second-order valence-corrected chi connectivity index (χ2v) is 5.31. The molecule has 1 aromatic rings. The summed E-state index contributed by atoms with van der Waals surface area (Å²) >= 11 is 3.33. The van der Waals surface area contributed by atoms with E-state index in [4.69, 9.17) is 0 Å². The Morgan fingerprint density at radius 1 is 1.56 bits per heavy atom. The van der Waals surface area contributed by atoms with E-state index in [9.17, 15) is 4.79 Å². The van der Waals surface area contributed by atoms with Crippen LogP contribution in [0.15, 0.2) is 22.9 Å². The van der Waals surface area contributed by atoms with Crippen molar-refractivity contribution in [3.05, 3.63) is 28.5 Å². The predicted octanol–water partition coefficient (Wildman–Crippen LogP) is 2.72. The van der Waals surface area contributed by atoms with E-state index in [2.05, 4.69) is 27.8 Å². The first-order valence-corrected chi connectivity index (χ1v) is 6.36. The molecular weight excluding hydrogens is 268 g/mol. The summed E-state index contributed by atoms with van der Waals surface area (Å²) in [7, 11) is 0. The summed E-state index contributed by atoms with van der Waals surface area (Å²) in [5, 5.41) is 0. The van der Waals surface area contributed by atoms with E-state index in [0.29, 0.717) is 11.5 Å². The lowest BCUT2D eigenvalue weighted by Crippen LogP contribution is -2.39. The summed E-state index contributed by atoms with van der Waals surface area (Å²) in [5.74, 6) is 0.707. The van der Waals surface area contributed by atoms with Gasteiger partial charge >= 0.3 is 0 Å². The molecule has 1 saturated heterocycles. The van der Waals surface area contributed by atoms with Gasteiger partial charge in [0.05, 0.1) is 5.56 Å². The summed E-state index contributed by atoms with van der Waals surface area (Å²) in [6.45, 7) is 3.93. The number of carbonyl (C=O) groups excluding carboxylic acids is 1. The molecule has 1 aliphatic heterocycles. The minimum absolute atomic E-state index is 0.0975. The number of aromatic nitrogens is 1. The molecule has 1 amide bonds. The first-order chi connectivity index (χ1) is 7.66. The van der Waals surface area contributed by atoms with Crippen molar-refractivity contribution in [3.63, 3.8) is 0 Å². The molecule has 4 heteroatoms. The maximum absolute atomic E-state index is 12.2. The van der Waals surface area contributed by atoms with Gasteiger partial charge in [-0.15, -0.1) is 0 Å². The van der Waals surface area contributed by atoms with Crippen molar-refractivity contribution in [2.75, 3.05) is 13.1 Å². The molecule has 0 spiro atoms. The van der Waals surface area contributed by atoms with Gasteiger partial charge in [0.2, 0.25) is 0 Å². The summed E-state index contributed by atoms with van der Waals surface area (Å²) in [4.78, 5) is 18.1. The van der Waals surface area contributed by atoms with Gasteiger partial charge in [0.25, 0.3) is 5.91 Å². The topological polar surface area (TPSA) is 33.2 Å². The summed E-state index contributed by atoms with van der Waals surface area (Å²) in [5.41, 5.74) is 0.670. The lowest BCUT2D eigenvalue weighted by molar-refractivity contribution is 0.0682. The number of hydrogen-bond donors (Lipinski definition) is 0. The molecule has 1 fully saturated rings. The smallest absolute Gasteiger partial charge is 0.255 e. The van der Waals surface area contributed by atoms with E-state index in [-0.39, 0.29) is 5.91 Å². The maximum Gasteiger partial charge on any atom is 0.255 e. The van der Waals surface area contributed by atoms with Crippen LogP contribution in [0.4, 0.5) is 0 Å². The molecule has 86 valence electrons. The Balaban J connectivity index is 2.12. The molecule has 0 N–H and O–H groups in total. The van der Waals surface area contributed by atoms with Crippen molar-refractivity contribution >= 4 is 21.8 Å². The summed E-state index contributed by atoms with van der Waals surface area (Å²) < 4.78 is 0.850. The van der Waals surface area contributed by atoms with Crippen LogP contribution in [0.3, 0.4) is 0 Å². The zero-order chi connectivity index (χ0) is 11.5. The Morgan fingerprint density at radius 3 is 3.06 bits per heavy atom. The molecule has 3 nitrogen and oxygen atoms in total. The van der Waals surface area contributed by atoms with Crippen molar-refractivity contribution < 1.29 is 4.79 Å². The molecule has 0 radical (unpaired) electrons. The molecule has 0 bridgehead atoms. The van der Waals surface area contributed by atoms with Crippen LogP contribution in [-0.2, 0) is 0 Å². The number of likely N-dealkylation sites (tertiary alicyclic amines) is 1. The summed E-state index contributed by atoms with van der Waals surface area (Å²) in [6, 6.07) is 1.83. The predicted molar refractivity (Wildman–Crippen MR) is 66.2 cm³/mol. The van der Waals surface area contributed by atoms with Gasteiger partial charge in [-0.05, 0) is 40.8 Å². The molecule has 1 unspecified atom stereocenters. The van der Waals surface area contributed by atoms with Crippen LogP contribution in [0, 0.1) is 5.92 Å². The first kappa shape index (κ1) is 11.6. The molecule has 2 rings (SSSR count). The highest BCUT2D eigenvalue weighted by molar-refractivity contribution is 9.10. The highest BCUT2D eigenvalue weighted by Crippen LogP contribution is 2.18. The Labute approximate surface area is 104 Å². The molecule has 16 heavy (non-hydrogen) atoms. The number of amides is 1. The van der Waals surface area contributed by atoms with E-state index in [1.54, 1.807) is 12.4 Å². The van der Waals surface area contributed by atoms with E-state index >= 15 is 0 Å². The quantitative estimate of drug-likeness (QED) is 0.794. The monoisotopic (exact) mass is 282 g/mol. The Bertz CT molecular complexity index is 394. The Kier molecular flexibility index (Phi) is 3.59. The van der Waals surface area contributed by atoms with Crippen molar-refractivity contribution in [3.8, 4) is 0 Å². The Hall–Kier alpha value is -0.900.